The van der Waals surface area contributed by atoms with Gasteiger partial charge in [-0.05, 0) is 47.7 Å². The predicted molar refractivity (Wildman–Crippen MR) is 149 cm³/mol. The summed E-state index contributed by atoms with van der Waals surface area (Å²) >= 11 is 0.791. The molecule has 1 saturated heterocycles. The van der Waals surface area contributed by atoms with E-state index in [4.69, 9.17) is 37.9 Å². The van der Waals surface area contributed by atoms with E-state index in [0.29, 0.717) is 5.56 Å². The van der Waals surface area contributed by atoms with Crippen LogP contribution in [0.1, 0.15) is 26.3 Å². The van der Waals surface area contributed by atoms with Crippen LogP contribution < -0.4 is 38.5 Å². The molecule has 1 N–H and O–H groups in total. The van der Waals surface area contributed by atoms with E-state index < -0.39 is 23.1 Å². The third kappa shape index (κ3) is 4.91. The SMILES string of the molecule is COC(=O)c1cc(OC)c2c(c1-c1c(C(=O)Oc3ccc(/C=C4\SC(=O)NC4=O)cc3)cc(OC)c3c1OCO3)OCO2. The molecule has 13 nitrogen and oxygen atoms in total. The molecule has 0 atom stereocenters. The number of nitrogens with one attached hydrogen (secondary N) is 1. The maximum Gasteiger partial charge on any atom is 0.344 e. The normalized spacial score (nSPS) is 15.4. The Bertz CT molecular complexity index is 1730. The first-order valence-electron chi connectivity index (χ1n) is 12.5. The number of methoxy groups -OCH3 is 3. The molecule has 0 unspecified atom stereocenters. The van der Waals surface area contributed by atoms with Crippen molar-refractivity contribution in [2.24, 2.45) is 0 Å². The number of fused-ring (bicyclic) bond motifs is 2. The minimum Gasteiger partial charge on any atom is -0.493 e. The van der Waals surface area contributed by atoms with Crippen LogP contribution >= 0.6 is 11.8 Å². The van der Waals surface area contributed by atoms with Gasteiger partial charge in [0.25, 0.3) is 11.1 Å². The Labute approximate surface area is 247 Å². The summed E-state index contributed by atoms with van der Waals surface area (Å²) in [6.45, 7) is -0.352. The largest absolute Gasteiger partial charge is 0.493 e. The monoisotopic (exact) mass is 607 g/mol. The fraction of sp³-hybridized carbons (Fsp3) is 0.172. The zero-order valence-electron chi connectivity index (χ0n) is 22.8. The summed E-state index contributed by atoms with van der Waals surface area (Å²) in [7, 11) is 4.02. The number of ether oxygens (including phenoxy) is 8. The highest BCUT2D eigenvalue weighted by molar-refractivity contribution is 8.18. The van der Waals surface area contributed by atoms with Gasteiger partial charge in [0.05, 0.1) is 37.4 Å². The molecular formula is C29H21NO12S. The van der Waals surface area contributed by atoms with Crippen molar-refractivity contribution in [2.45, 2.75) is 0 Å². The van der Waals surface area contributed by atoms with Crippen LogP contribution in [0.5, 0.6) is 40.2 Å². The highest BCUT2D eigenvalue weighted by Gasteiger charge is 2.38. The predicted octanol–water partition coefficient (Wildman–Crippen LogP) is 4.16. The van der Waals surface area contributed by atoms with E-state index in [1.165, 1.54) is 51.7 Å². The van der Waals surface area contributed by atoms with Gasteiger partial charge in [0.15, 0.2) is 23.0 Å². The number of amides is 2. The van der Waals surface area contributed by atoms with Gasteiger partial charge in [0.2, 0.25) is 25.1 Å². The highest BCUT2D eigenvalue weighted by atomic mass is 32.2. The van der Waals surface area contributed by atoms with E-state index in [9.17, 15) is 19.2 Å². The topological polar surface area (TPSA) is 154 Å². The number of hydrogen-bond acceptors (Lipinski definition) is 13. The molecule has 14 heteroatoms. The molecule has 0 saturated carbocycles. The molecule has 0 aromatic heterocycles. The van der Waals surface area contributed by atoms with Gasteiger partial charge >= 0.3 is 11.9 Å². The first kappa shape index (κ1) is 27.8. The maximum absolute atomic E-state index is 13.8. The van der Waals surface area contributed by atoms with E-state index in [-0.39, 0.29) is 81.0 Å². The Morgan fingerprint density at radius 1 is 0.791 bits per heavy atom. The van der Waals surface area contributed by atoms with Crippen molar-refractivity contribution in [1.82, 2.24) is 5.32 Å². The van der Waals surface area contributed by atoms with Crippen LogP contribution in [-0.4, -0.2) is 58.0 Å². The standard InChI is InChI=1S/C29H21NO12S/c1-35-17-9-15(27(32)37-3)20(24-22(17)38-11-40-24)21-16(10-18(36-2)23-25(21)41-12-39-23)28(33)42-14-6-4-13(5-7-14)8-19-26(31)30-29(34)43-19/h4-10H,11-12H2,1-3H3,(H,30,31,34)/b19-8-. The lowest BCUT2D eigenvalue weighted by Crippen LogP contribution is -2.17. The number of imide groups is 1. The van der Waals surface area contributed by atoms with Gasteiger partial charge in [0, 0.05) is 11.1 Å². The molecule has 0 bridgehead atoms. The number of thioether (sulfide) groups is 1. The van der Waals surface area contributed by atoms with Gasteiger partial charge in [0.1, 0.15) is 5.75 Å². The number of rotatable bonds is 7. The Balaban J connectivity index is 1.45. The Morgan fingerprint density at radius 2 is 1.33 bits per heavy atom. The zero-order chi connectivity index (χ0) is 30.2. The van der Waals surface area contributed by atoms with Crippen molar-refractivity contribution < 1.29 is 57.1 Å². The van der Waals surface area contributed by atoms with E-state index in [1.807, 2.05) is 0 Å². The molecule has 1 fully saturated rings. The molecule has 0 spiro atoms. The van der Waals surface area contributed by atoms with E-state index in [1.54, 1.807) is 12.1 Å². The lowest BCUT2D eigenvalue weighted by Gasteiger charge is -2.19. The molecule has 3 aliphatic rings. The molecule has 6 rings (SSSR count). The quantitative estimate of drug-likeness (QED) is 0.232. The Morgan fingerprint density at radius 3 is 1.81 bits per heavy atom. The van der Waals surface area contributed by atoms with Crippen molar-refractivity contribution in [3.05, 3.63) is 58.0 Å². The van der Waals surface area contributed by atoms with Crippen molar-refractivity contribution >= 4 is 40.9 Å². The number of esters is 2. The summed E-state index contributed by atoms with van der Waals surface area (Å²) < 4.78 is 44.4. The van der Waals surface area contributed by atoms with Crippen LogP contribution in [0.15, 0.2) is 41.3 Å². The van der Waals surface area contributed by atoms with Crippen LogP contribution in [0.25, 0.3) is 17.2 Å². The second-order valence-corrected chi connectivity index (χ2v) is 9.95. The maximum atomic E-state index is 13.8. The first-order valence-corrected chi connectivity index (χ1v) is 13.3. The molecule has 3 aromatic carbocycles. The molecule has 3 heterocycles. The molecule has 0 radical (unpaired) electrons. The average Bonchev–Trinajstić information content (AvgIpc) is 3.76. The van der Waals surface area contributed by atoms with E-state index in [2.05, 4.69) is 5.32 Å². The van der Waals surface area contributed by atoms with Gasteiger partial charge in [-0.25, -0.2) is 9.59 Å². The number of carbonyl (C=O) groups is 4. The number of benzene rings is 3. The smallest absolute Gasteiger partial charge is 0.344 e. The third-order valence-electron chi connectivity index (χ3n) is 6.56. The molecule has 43 heavy (non-hydrogen) atoms. The van der Waals surface area contributed by atoms with Crippen LogP contribution in [0, 0.1) is 0 Å². The summed E-state index contributed by atoms with van der Waals surface area (Å²) in [5.74, 6) is -0.813. The fourth-order valence-corrected chi connectivity index (χ4v) is 5.36. The van der Waals surface area contributed by atoms with Gasteiger partial charge in [-0.3, -0.25) is 14.9 Å². The van der Waals surface area contributed by atoms with Crippen LogP contribution in [0.4, 0.5) is 4.79 Å². The Hall–Kier alpha value is -5.37. The third-order valence-corrected chi connectivity index (χ3v) is 7.37. The minimum absolute atomic E-state index is 0.00482. The number of carbonyl (C=O) groups excluding carboxylic acids is 4. The highest BCUT2D eigenvalue weighted by Crippen LogP contribution is 2.56. The fourth-order valence-electron chi connectivity index (χ4n) is 4.67. The van der Waals surface area contributed by atoms with Crippen LogP contribution in [-0.2, 0) is 9.53 Å². The second kappa shape index (κ2) is 11.1. The summed E-state index contributed by atoms with van der Waals surface area (Å²) in [6.07, 6.45) is 1.54. The van der Waals surface area contributed by atoms with Gasteiger partial charge in [-0.1, -0.05) is 12.1 Å². The van der Waals surface area contributed by atoms with Crippen molar-refractivity contribution in [1.29, 1.82) is 0 Å². The van der Waals surface area contributed by atoms with Crippen LogP contribution in [0.2, 0.25) is 0 Å². The summed E-state index contributed by atoms with van der Waals surface area (Å²) in [5.41, 5.74) is 0.827. The van der Waals surface area contributed by atoms with Gasteiger partial charge in [-0.2, -0.15) is 0 Å². The lowest BCUT2D eigenvalue weighted by atomic mass is 9.92. The Kier molecular flexibility index (Phi) is 7.19. The summed E-state index contributed by atoms with van der Waals surface area (Å²) in [4.78, 5) is 50.4. The van der Waals surface area contributed by atoms with E-state index in [0.717, 1.165) is 11.8 Å². The van der Waals surface area contributed by atoms with Gasteiger partial charge in [-0.15, -0.1) is 0 Å². The minimum atomic E-state index is -0.826. The molecule has 2 amide bonds. The molecule has 220 valence electrons. The average molecular weight is 608 g/mol. The van der Waals surface area contributed by atoms with Crippen molar-refractivity contribution in [2.75, 3.05) is 34.9 Å². The molecular weight excluding hydrogens is 586 g/mol. The van der Waals surface area contributed by atoms with Crippen molar-refractivity contribution in [3.63, 3.8) is 0 Å². The molecule has 3 aliphatic heterocycles. The number of hydrogen-bond donors (Lipinski definition) is 1. The lowest BCUT2D eigenvalue weighted by molar-refractivity contribution is -0.115. The second-order valence-electron chi connectivity index (χ2n) is 8.93. The van der Waals surface area contributed by atoms with Crippen LogP contribution in [0.3, 0.4) is 0 Å². The molecule has 3 aromatic rings. The summed E-state index contributed by atoms with van der Waals surface area (Å²) in [5, 5.41) is 1.74. The van der Waals surface area contributed by atoms with Gasteiger partial charge < -0.3 is 37.9 Å². The summed E-state index contributed by atoms with van der Waals surface area (Å²) in [6, 6.07) is 9.10. The zero-order valence-corrected chi connectivity index (χ0v) is 23.6. The molecule has 0 aliphatic carbocycles. The van der Waals surface area contributed by atoms with Crippen molar-refractivity contribution in [3.8, 4) is 51.4 Å². The first-order chi connectivity index (χ1) is 20.8. The van der Waals surface area contributed by atoms with E-state index >= 15 is 0 Å².